The first-order valence-electron chi connectivity index (χ1n) is 6.37. The molecule has 1 aromatic heterocycles. The van der Waals surface area contributed by atoms with E-state index in [-0.39, 0.29) is 0 Å². The predicted octanol–water partition coefficient (Wildman–Crippen LogP) is 4.09. The molecule has 0 aromatic carbocycles. The normalized spacial score (nSPS) is 24.6. The predicted molar refractivity (Wildman–Crippen MR) is 70.6 cm³/mol. The molecule has 0 N–H and O–H groups in total. The second kappa shape index (κ2) is 5.72. The highest BCUT2D eigenvalue weighted by Gasteiger charge is 2.21. The van der Waals surface area contributed by atoms with E-state index in [4.69, 9.17) is 16.3 Å². The maximum atomic E-state index is 6.10. The SMILES string of the molecule is Cc1cc(OC2CCCC(C)C2)c(CCl)cn1. The zero-order valence-electron chi connectivity index (χ0n) is 10.6. The molecule has 1 saturated carbocycles. The monoisotopic (exact) mass is 253 g/mol. The van der Waals surface area contributed by atoms with E-state index in [0.717, 1.165) is 35.8 Å². The summed E-state index contributed by atoms with van der Waals surface area (Å²) in [6, 6.07) is 2.00. The van der Waals surface area contributed by atoms with Crippen LogP contribution in [0, 0.1) is 12.8 Å². The van der Waals surface area contributed by atoms with Crippen molar-refractivity contribution in [2.45, 2.75) is 51.5 Å². The fraction of sp³-hybridized carbons (Fsp3) is 0.643. The van der Waals surface area contributed by atoms with Gasteiger partial charge >= 0.3 is 0 Å². The lowest BCUT2D eigenvalue weighted by molar-refractivity contribution is 0.128. The van der Waals surface area contributed by atoms with Gasteiger partial charge in [0, 0.05) is 23.5 Å². The van der Waals surface area contributed by atoms with Crippen LogP contribution in [0.1, 0.15) is 43.9 Å². The van der Waals surface area contributed by atoms with Gasteiger partial charge < -0.3 is 4.74 Å². The molecular formula is C14H20ClNO. The summed E-state index contributed by atoms with van der Waals surface area (Å²) in [6.45, 7) is 4.28. The van der Waals surface area contributed by atoms with Gasteiger partial charge in [-0.15, -0.1) is 11.6 Å². The number of rotatable bonds is 3. The summed E-state index contributed by atoms with van der Waals surface area (Å²) in [6.07, 6.45) is 7.09. The molecule has 17 heavy (non-hydrogen) atoms. The van der Waals surface area contributed by atoms with Crippen molar-refractivity contribution in [3.05, 3.63) is 23.5 Å². The van der Waals surface area contributed by atoms with Crippen molar-refractivity contribution in [2.24, 2.45) is 5.92 Å². The maximum absolute atomic E-state index is 6.10. The first-order chi connectivity index (χ1) is 8.19. The lowest BCUT2D eigenvalue weighted by Crippen LogP contribution is -2.24. The Morgan fingerprint density at radius 2 is 2.29 bits per heavy atom. The lowest BCUT2D eigenvalue weighted by atomic mass is 9.88. The minimum absolute atomic E-state index is 0.350. The summed E-state index contributed by atoms with van der Waals surface area (Å²) >= 11 is 5.91. The second-order valence-electron chi connectivity index (χ2n) is 5.08. The summed E-state index contributed by atoms with van der Waals surface area (Å²) in [5.74, 6) is 2.16. The van der Waals surface area contributed by atoms with Gasteiger partial charge in [-0.2, -0.15) is 0 Å². The number of halogens is 1. The summed E-state index contributed by atoms with van der Waals surface area (Å²) in [4.78, 5) is 4.25. The third-order valence-electron chi connectivity index (χ3n) is 3.41. The molecule has 1 fully saturated rings. The molecule has 1 heterocycles. The average molecular weight is 254 g/mol. The van der Waals surface area contributed by atoms with Crippen LogP contribution in [-0.2, 0) is 5.88 Å². The molecule has 0 aliphatic heterocycles. The molecule has 0 spiro atoms. The van der Waals surface area contributed by atoms with E-state index in [2.05, 4.69) is 11.9 Å². The lowest BCUT2D eigenvalue weighted by Gasteiger charge is -2.28. The summed E-state index contributed by atoms with van der Waals surface area (Å²) in [5.41, 5.74) is 1.98. The molecule has 1 aliphatic rings. The van der Waals surface area contributed by atoms with Gasteiger partial charge in [0.15, 0.2) is 0 Å². The molecule has 0 radical (unpaired) electrons. The number of alkyl halides is 1. The first kappa shape index (κ1) is 12.7. The smallest absolute Gasteiger partial charge is 0.127 e. The molecular weight excluding hydrogens is 234 g/mol. The average Bonchev–Trinajstić information content (AvgIpc) is 2.29. The van der Waals surface area contributed by atoms with Crippen LogP contribution in [-0.4, -0.2) is 11.1 Å². The van der Waals surface area contributed by atoms with Crippen LogP contribution < -0.4 is 4.74 Å². The number of hydrogen-bond acceptors (Lipinski definition) is 2. The zero-order valence-corrected chi connectivity index (χ0v) is 11.3. The minimum Gasteiger partial charge on any atom is -0.490 e. The number of aromatic nitrogens is 1. The molecule has 2 nitrogen and oxygen atoms in total. The summed E-state index contributed by atoms with van der Waals surface area (Å²) < 4.78 is 6.10. The molecule has 2 atom stereocenters. The Labute approximate surface area is 108 Å². The van der Waals surface area contributed by atoms with E-state index < -0.39 is 0 Å². The first-order valence-corrected chi connectivity index (χ1v) is 6.90. The van der Waals surface area contributed by atoms with Gasteiger partial charge in [0.1, 0.15) is 5.75 Å². The molecule has 3 heteroatoms. The highest BCUT2D eigenvalue weighted by Crippen LogP contribution is 2.29. The minimum atomic E-state index is 0.350. The Hall–Kier alpha value is -0.760. The fourth-order valence-electron chi connectivity index (χ4n) is 2.44. The van der Waals surface area contributed by atoms with Crippen LogP contribution >= 0.6 is 11.6 Å². The standard InChI is InChI=1S/C14H20ClNO/c1-10-4-3-5-13(6-10)17-14-7-11(2)16-9-12(14)8-15/h7,9-10,13H,3-6,8H2,1-2H3. The third kappa shape index (κ3) is 3.35. The number of nitrogens with zero attached hydrogens (tertiary/aromatic N) is 1. The van der Waals surface area contributed by atoms with Crippen LogP contribution in [0.5, 0.6) is 5.75 Å². The van der Waals surface area contributed by atoms with Gasteiger partial charge in [-0.05, 0) is 32.1 Å². The number of hydrogen-bond donors (Lipinski definition) is 0. The van der Waals surface area contributed by atoms with Crippen molar-refractivity contribution in [3.8, 4) is 5.75 Å². The van der Waals surface area contributed by atoms with Gasteiger partial charge in [-0.1, -0.05) is 13.3 Å². The number of aryl methyl sites for hydroxylation is 1. The van der Waals surface area contributed by atoms with Gasteiger partial charge in [0.25, 0.3) is 0 Å². The summed E-state index contributed by atoms with van der Waals surface area (Å²) in [5, 5.41) is 0. The number of pyridine rings is 1. The number of ether oxygens (including phenoxy) is 1. The van der Waals surface area contributed by atoms with Crippen molar-refractivity contribution in [3.63, 3.8) is 0 Å². The van der Waals surface area contributed by atoms with Crippen LogP contribution in [0.2, 0.25) is 0 Å². The topological polar surface area (TPSA) is 22.1 Å². The highest BCUT2D eigenvalue weighted by atomic mass is 35.5. The molecule has 0 saturated heterocycles. The Balaban J connectivity index is 2.08. The summed E-state index contributed by atoms with van der Waals surface area (Å²) in [7, 11) is 0. The van der Waals surface area contributed by atoms with Crippen LogP contribution in [0.4, 0.5) is 0 Å². The van der Waals surface area contributed by atoms with Gasteiger partial charge in [0.2, 0.25) is 0 Å². The third-order valence-corrected chi connectivity index (χ3v) is 3.69. The van der Waals surface area contributed by atoms with E-state index in [0.29, 0.717) is 12.0 Å². The van der Waals surface area contributed by atoms with Crippen molar-refractivity contribution >= 4 is 11.6 Å². The van der Waals surface area contributed by atoms with Crippen molar-refractivity contribution in [1.29, 1.82) is 0 Å². The Morgan fingerprint density at radius 3 is 3.00 bits per heavy atom. The van der Waals surface area contributed by atoms with Crippen LogP contribution in [0.3, 0.4) is 0 Å². The molecule has 0 bridgehead atoms. The fourth-order valence-corrected chi connectivity index (χ4v) is 2.64. The van der Waals surface area contributed by atoms with E-state index in [9.17, 15) is 0 Å². The molecule has 0 amide bonds. The zero-order chi connectivity index (χ0) is 12.3. The van der Waals surface area contributed by atoms with Gasteiger partial charge in [-0.3, -0.25) is 4.98 Å². The Kier molecular flexibility index (Phi) is 4.27. The van der Waals surface area contributed by atoms with Crippen molar-refractivity contribution in [2.75, 3.05) is 0 Å². The van der Waals surface area contributed by atoms with Crippen molar-refractivity contribution < 1.29 is 4.74 Å². The van der Waals surface area contributed by atoms with E-state index in [1.807, 2.05) is 19.2 Å². The Bertz CT molecular complexity index is 380. The highest BCUT2D eigenvalue weighted by molar-refractivity contribution is 6.17. The van der Waals surface area contributed by atoms with E-state index in [1.54, 1.807) is 0 Å². The largest absolute Gasteiger partial charge is 0.490 e. The quantitative estimate of drug-likeness (QED) is 0.757. The van der Waals surface area contributed by atoms with Crippen LogP contribution in [0.25, 0.3) is 0 Å². The second-order valence-corrected chi connectivity index (χ2v) is 5.35. The van der Waals surface area contributed by atoms with Gasteiger partial charge in [0.05, 0.1) is 12.0 Å². The molecule has 1 aromatic rings. The maximum Gasteiger partial charge on any atom is 0.127 e. The molecule has 1 aliphatic carbocycles. The van der Waals surface area contributed by atoms with Gasteiger partial charge in [-0.25, -0.2) is 0 Å². The Morgan fingerprint density at radius 1 is 1.47 bits per heavy atom. The molecule has 2 unspecified atom stereocenters. The molecule has 94 valence electrons. The molecule has 2 rings (SSSR count). The van der Waals surface area contributed by atoms with Crippen LogP contribution in [0.15, 0.2) is 12.3 Å². The van der Waals surface area contributed by atoms with Crippen molar-refractivity contribution in [1.82, 2.24) is 4.98 Å². The van der Waals surface area contributed by atoms with E-state index >= 15 is 0 Å². The van der Waals surface area contributed by atoms with E-state index in [1.165, 1.54) is 12.8 Å².